The summed E-state index contributed by atoms with van der Waals surface area (Å²) in [5.74, 6) is 4.30. The van der Waals surface area contributed by atoms with E-state index < -0.39 is 0 Å². The second-order valence-electron chi connectivity index (χ2n) is 13.7. The number of nitrogens with one attached hydrogen (secondary N) is 2. The standard InChI is InChI=1S/C44H53N3O9/c1-49-35-20-18-29(37-28-34(47-56-37)31-26-40(51-3)42(53-5)41(27-31)52-4)24-39(35)55-23-15-11-9-7-6-8-10-14-22-54-36-21-19-30(25-38(36)50-2)43-45-33-17-13-12-16-32(33)44(48)46-43/h12-13,16-21,24-27,37,43,45H,6-11,14-15,22-23,28H2,1-5H3,(H,46,48). The second-order valence-corrected chi connectivity index (χ2v) is 13.7. The molecule has 0 saturated carbocycles. The number of ether oxygens (including phenoxy) is 7. The highest BCUT2D eigenvalue weighted by atomic mass is 16.6. The van der Waals surface area contributed by atoms with E-state index in [1.807, 2.05) is 72.8 Å². The molecule has 2 heterocycles. The van der Waals surface area contributed by atoms with Crippen LogP contribution in [0.1, 0.15) is 97.1 Å². The predicted octanol–water partition coefficient (Wildman–Crippen LogP) is 9.03. The van der Waals surface area contributed by atoms with Crippen molar-refractivity contribution in [3.8, 4) is 40.2 Å². The molecule has 2 aliphatic heterocycles. The zero-order valence-corrected chi connectivity index (χ0v) is 33.0. The van der Waals surface area contributed by atoms with Gasteiger partial charge in [0.2, 0.25) is 5.75 Å². The van der Waals surface area contributed by atoms with Crippen LogP contribution in [0.4, 0.5) is 5.69 Å². The summed E-state index contributed by atoms with van der Waals surface area (Å²) in [4.78, 5) is 18.4. The van der Waals surface area contributed by atoms with E-state index in [1.165, 1.54) is 25.7 Å². The van der Waals surface area contributed by atoms with Crippen LogP contribution < -0.4 is 43.8 Å². The van der Waals surface area contributed by atoms with Gasteiger partial charge < -0.3 is 48.6 Å². The van der Waals surface area contributed by atoms with Crippen LogP contribution in [0.3, 0.4) is 0 Å². The molecule has 2 unspecified atom stereocenters. The number of rotatable bonds is 21. The summed E-state index contributed by atoms with van der Waals surface area (Å²) >= 11 is 0. The fraction of sp³-hybridized carbons (Fsp3) is 0.409. The third-order valence-electron chi connectivity index (χ3n) is 10.0. The first-order valence-electron chi connectivity index (χ1n) is 19.3. The van der Waals surface area contributed by atoms with Crippen molar-refractivity contribution in [2.24, 2.45) is 5.16 Å². The van der Waals surface area contributed by atoms with Gasteiger partial charge in [0.25, 0.3) is 5.91 Å². The third-order valence-corrected chi connectivity index (χ3v) is 10.0. The summed E-state index contributed by atoms with van der Waals surface area (Å²) < 4.78 is 40.0. The molecular weight excluding hydrogens is 714 g/mol. The van der Waals surface area contributed by atoms with Crippen molar-refractivity contribution in [1.29, 1.82) is 0 Å². The van der Waals surface area contributed by atoms with E-state index in [2.05, 4.69) is 15.8 Å². The number of methoxy groups -OCH3 is 5. The normalized spacial score (nSPS) is 15.7. The minimum Gasteiger partial charge on any atom is -0.493 e. The van der Waals surface area contributed by atoms with Gasteiger partial charge in [-0.15, -0.1) is 0 Å². The molecule has 0 radical (unpaired) electrons. The van der Waals surface area contributed by atoms with E-state index in [0.717, 1.165) is 53.8 Å². The van der Waals surface area contributed by atoms with Crippen molar-refractivity contribution in [2.75, 3.05) is 54.1 Å². The van der Waals surface area contributed by atoms with Gasteiger partial charge >= 0.3 is 0 Å². The summed E-state index contributed by atoms with van der Waals surface area (Å²) in [6, 6.07) is 22.9. The highest BCUT2D eigenvalue weighted by Crippen LogP contribution is 2.41. The molecule has 1 amide bonds. The fourth-order valence-electron chi connectivity index (χ4n) is 6.97. The lowest BCUT2D eigenvalue weighted by molar-refractivity contribution is 0.0854. The van der Waals surface area contributed by atoms with E-state index >= 15 is 0 Å². The smallest absolute Gasteiger partial charge is 0.255 e. The third kappa shape index (κ3) is 9.71. The van der Waals surface area contributed by atoms with E-state index in [9.17, 15) is 4.79 Å². The molecule has 0 aromatic heterocycles. The quantitative estimate of drug-likeness (QED) is 0.0793. The average molecular weight is 768 g/mol. The highest BCUT2D eigenvalue weighted by molar-refractivity contribution is 6.02. The first kappa shape index (κ1) is 39.9. The number of benzene rings is 4. The van der Waals surface area contributed by atoms with E-state index in [0.29, 0.717) is 65.4 Å². The van der Waals surface area contributed by atoms with Crippen LogP contribution in [0.25, 0.3) is 0 Å². The Kier molecular flexibility index (Phi) is 14.0. The number of hydrogen-bond donors (Lipinski definition) is 2. The lowest BCUT2D eigenvalue weighted by Gasteiger charge is -2.28. The molecule has 298 valence electrons. The molecule has 0 aliphatic carbocycles. The Bertz CT molecular complexity index is 1940. The Balaban J connectivity index is 0.858. The van der Waals surface area contributed by atoms with Gasteiger partial charge in [-0.1, -0.05) is 67.9 Å². The number of oxime groups is 1. The van der Waals surface area contributed by atoms with Crippen LogP contribution in [0.15, 0.2) is 78.0 Å². The molecular formula is C44H53N3O9. The molecule has 0 saturated heterocycles. The molecule has 56 heavy (non-hydrogen) atoms. The monoisotopic (exact) mass is 767 g/mol. The summed E-state index contributed by atoms with van der Waals surface area (Å²) in [5.41, 5.74) is 4.95. The van der Waals surface area contributed by atoms with Crippen LogP contribution >= 0.6 is 0 Å². The van der Waals surface area contributed by atoms with Crippen LogP contribution in [0.5, 0.6) is 40.2 Å². The zero-order chi connectivity index (χ0) is 39.3. The molecule has 6 rings (SSSR count). The Morgan fingerprint density at radius 1 is 0.607 bits per heavy atom. The maximum Gasteiger partial charge on any atom is 0.255 e. The molecule has 0 bridgehead atoms. The van der Waals surface area contributed by atoms with Crippen molar-refractivity contribution in [2.45, 2.75) is 70.1 Å². The number of nitrogens with zero attached hydrogens (tertiary/aromatic N) is 1. The molecule has 2 atom stereocenters. The van der Waals surface area contributed by atoms with Crippen molar-refractivity contribution in [1.82, 2.24) is 5.32 Å². The number of para-hydroxylation sites is 1. The molecule has 2 N–H and O–H groups in total. The van der Waals surface area contributed by atoms with Crippen LogP contribution in [0.2, 0.25) is 0 Å². The first-order chi connectivity index (χ1) is 27.5. The predicted molar refractivity (Wildman–Crippen MR) is 215 cm³/mol. The summed E-state index contributed by atoms with van der Waals surface area (Å²) in [5, 5.41) is 10.8. The molecule has 4 aromatic carbocycles. The summed E-state index contributed by atoms with van der Waals surface area (Å²) in [6.45, 7) is 1.23. The molecule has 4 aromatic rings. The Morgan fingerprint density at radius 3 is 1.86 bits per heavy atom. The number of anilines is 1. The molecule has 12 heteroatoms. The Labute approximate surface area is 329 Å². The maximum atomic E-state index is 12.6. The minimum absolute atomic E-state index is 0.103. The number of carbonyl (C=O) groups excluding carboxylic acids is 1. The van der Waals surface area contributed by atoms with Crippen LogP contribution in [-0.4, -0.2) is 60.4 Å². The van der Waals surface area contributed by atoms with Crippen molar-refractivity contribution in [3.05, 3.63) is 95.1 Å². The molecule has 12 nitrogen and oxygen atoms in total. The lowest BCUT2D eigenvalue weighted by atomic mass is 9.99. The molecule has 0 fully saturated rings. The number of unbranched alkanes of at least 4 members (excludes halogenated alkanes) is 7. The second kappa shape index (κ2) is 19.7. The molecule has 2 aliphatic rings. The Hall–Kier alpha value is -5.78. The number of amides is 1. The number of carbonyl (C=O) groups is 1. The van der Waals surface area contributed by atoms with Crippen molar-refractivity contribution in [3.63, 3.8) is 0 Å². The Morgan fingerprint density at radius 2 is 1.20 bits per heavy atom. The van der Waals surface area contributed by atoms with Crippen LogP contribution in [-0.2, 0) is 4.84 Å². The van der Waals surface area contributed by atoms with Gasteiger partial charge in [0.05, 0.1) is 60.0 Å². The van der Waals surface area contributed by atoms with E-state index in [-0.39, 0.29) is 18.2 Å². The SMILES string of the molecule is COc1cc(C2NC(=O)c3ccccc3N2)ccc1OCCCCCCCCCCOc1cc(C2CC(c3cc(OC)c(OC)c(OC)c3)=NO2)ccc1OC. The van der Waals surface area contributed by atoms with E-state index in [1.54, 1.807) is 35.5 Å². The lowest BCUT2D eigenvalue weighted by Crippen LogP contribution is -2.38. The van der Waals surface area contributed by atoms with Gasteiger partial charge in [-0.05, 0) is 72.5 Å². The van der Waals surface area contributed by atoms with Gasteiger partial charge in [-0.25, -0.2) is 0 Å². The van der Waals surface area contributed by atoms with Gasteiger partial charge in [0, 0.05) is 17.7 Å². The van der Waals surface area contributed by atoms with E-state index in [4.69, 9.17) is 38.0 Å². The fourth-order valence-corrected chi connectivity index (χ4v) is 6.97. The number of fused-ring (bicyclic) bond motifs is 1. The maximum absolute atomic E-state index is 12.6. The van der Waals surface area contributed by atoms with Crippen molar-refractivity contribution >= 4 is 17.3 Å². The summed E-state index contributed by atoms with van der Waals surface area (Å²) in [7, 11) is 8.05. The molecule has 0 spiro atoms. The number of hydrogen-bond acceptors (Lipinski definition) is 11. The topological polar surface area (TPSA) is 127 Å². The largest absolute Gasteiger partial charge is 0.493 e. The van der Waals surface area contributed by atoms with Crippen LogP contribution in [0, 0.1) is 0 Å². The van der Waals surface area contributed by atoms with Gasteiger partial charge in [-0.3, -0.25) is 4.79 Å². The van der Waals surface area contributed by atoms with Crippen molar-refractivity contribution < 1.29 is 42.8 Å². The first-order valence-corrected chi connectivity index (χ1v) is 19.3. The summed E-state index contributed by atoms with van der Waals surface area (Å²) in [6.07, 6.45) is 8.85. The minimum atomic E-state index is -0.347. The average Bonchev–Trinajstić information content (AvgIpc) is 3.74. The zero-order valence-electron chi connectivity index (χ0n) is 33.0. The highest BCUT2D eigenvalue weighted by Gasteiger charge is 2.28. The van der Waals surface area contributed by atoms with Gasteiger partial charge in [-0.2, -0.15) is 0 Å². The van der Waals surface area contributed by atoms with Gasteiger partial charge in [0.15, 0.2) is 40.6 Å². The van der Waals surface area contributed by atoms with Gasteiger partial charge in [0.1, 0.15) is 6.17 Å².